The van der Waals surface area contributed by atoms with E-state index in [1.54, 1.807) is 41.2 Å². The lowest BCUT2D eigenvalue weighted by Crippen LogP contribution is -2.34. The molecule has 8 nitrogen and oxygen atoms in total. The number of carbonyl (C=O) groups is 2. The summed E-state index contributed by atoms with van der Waals surface area (Å²) in [7, 11) is -4.07. The predicted octanol–water partition coefficient (Wildman–Crippen LogP) is 5.58. The van der Waals surface area contributed by atoms with Crippen molar-refractivity contribution >= 4 is 61.4 Å². The number of aryl methyl sites for hydroxylation is 3. The molecule has 0 fully saturated rings. The number of halogens is 1. The van der Waals surface area contributed by atoms with Crippen LogP contribution in [-0.4, -0.2) is 28.1 Å². The van der Waals surface area contributed by atoms with Crippen LogP contribution in [0.4, 0.5) is 5.69 Å². The molecule has 0 saturated heterocycles. The first kappa shape index (κ1) is 31.7. The van der Waals surface area contributed by atoms with Gasteiger partial charge in [0.25, 0.3) is 5.91 Å². The number of nitrogens with zero attached hydrogens (tertiary/aromatic N) is 2. The SMILES string of the molecule is Cc1cc(/C=C/c2cc[n+](CCC=O)cc2)c(NC(=O)c2ccc(Cl)cc2)c(/C=C/c2cc[n+](CCP(=O)(O)O)cc2)c1. The molecule has 10 heteroatoms. The standard InChI is InChI=1S/C33H31ClN3O5P/c1-25-23-29(5-3-26-11-16-36(17-12-26)15-2-21-38)32(35-33(39)28-7-9-31(34)10-8-28)30(24-25)6-4-27-13-18-37(19-14-27)20-22-43(40,41)42/h3-14,16-19,21,23-24H,2,15,20,22H2,1H3,(H-,40,41,42)/p+2. The van der Waals surface area contributed by atoms with Crippen LogP contribution in [0, 0.1) is 6.92 Å². The maximum absolute atomic E-state index is 13.3. The summed E-state index contributed by atoms with van der Waals surface area (Å²) in [5, 5.41) is 3.63. The number of nitrogens with one attached hydrogen (secondary N) is 1. The smallest absolute Gasteiger partial charge is 0.324 e. The van der Waals surface area contributed by atoms with Crippen LogP contribution < -0.4 is 14.5 Å². The van der Waals surface area contributed by atoms with E-state index < -0.39 is 7.60 Å². The highest BCUT2D eigenvalue weighted by Crippen LogP contribution is 2.33. The maximum atomic E-state index is 13.3. The van der Waals surface area contributed by atoms with Crippen molar-refractivity contribution in [2.45, 2.75) is 26.4 Å². The third-order valence-corrected chi connectivity index (χ3v) is 7.62. The minimum Gasteiger partial charge on any atom is -0.324 e. The minimum absolute atomic E-state index is 0.211. The zero-order valence-electron chi connectivity index (χ0n) is 23.6. The van der Waals surface area contributed by atoms with Crippen LogP contribution in [-0.2, 0) is 22.4 Å². The number of aldehydes is 1. The van der Waals surface area contributed by atoms with Crippen LogP contribution in [0.15, 0.2) is 85.5 Å². The molecular formula is C33H33ClN3O5P+2. The third kappa shape index (κ3) is 9.94. The molecule has 0 aliphatic rings. The van der Waals surface area contributed by atoms with Crippen LogP contribution in [0.3, 0.4) is 0 Å². The molecule has 0 saturated carbocycles. The van der Waals surface area contributed by atoms with E-state index in [1.807, 2.05) is 84.6 Å². The average Bonchev–Trinajstić information content (AvgIpc) is 2.99. The van der Waals surface area contributed by atoms with Crippen LogP contribution in [0.2, 0.25) is 5.02 Å². The largest absolute Gasteiger partial charge is 0.331 e. The van der Waals surface area contributed by atoms with Crippen molar-refractivity contribution in [1.82, 2.24) is 0 Å². The van der Waals surface area contributed by atoms with Crippen molar-refractivity contribution in [1.29, 1.82) is 0 Å². The number of anilines is 1. The molecule has 4 aromatic rings. The number of hydrogen-bond acceptors (Lipinski definition) is 3. The average molecular weight is 618 g/mol. The Hall–Kier alpha value is -4.20. The summed E-state index contributed by atoms with van der Waals surface area (Å²) in [6.07, 6.45) is 16.3. The van der Waals surface area contributed by atoms with Gasteiger partial charge in [0.05, 0.1) is 12.1 Å². The van der Waals surface area contributed by atoms with E-state index in [2.05, 4.69) is 5.32 Å². The summed E-state index contributed by atoms with van der Waals surface area (Å²) >= 11 is 6.02. The second-order valence-electron chi connectivity index (χ2n) is 10.0. The molecule has 0 unspecified atom stereocenters. The summed E-state index contributed by atoms with van der Waals surface area (Å²) in [6.45, 7) is 2.82. The van der Waals surface area contributed by atoms with Gasteiger partial charge in [0.15, 0.2) is 37.9 Å². The zero-order chi connectivity index (χ0) is 30.8. The minimum atomic E-state index is -4.07. The molecule has 0 atom stereocenters. The maximum Gasteiger partial charge on any atom is 0.331 e. The third-order valence-electron chi connectivity index (χ3n) is 6.59. The van der Waals surface area contributed by atoms with Gasteiger partial charge in [-0.05, 0) is 71.1 Å². The van der Waals surface area contributed by atoms with E-state index >= 15 is 0 Å². The van der Waals surface area contributed by atoms with E-state index in [9.17, 15) is 14.2 Å². The topological polar surface area (TPSA) is 111 Å². The van der Waals surface area contributed by atoms with Gasteiger partial charge in [0.2, 0.25) is 0 Å². The van der Waals surface area contributed by atoms with Crippen molar-refractivity contribution in [2.75, 3.05) is 11.5 Å². The summed E-state index contributed by atoms with van der Waals surface area (Å²) in [5.41, 5.74) is 5.60. The Balaban J connectivity index is 1.65. The van der Waals surface area contributed by atoms with Gasteiger partial charge in [0, 0.05) is 34.9 Å². The molecule has 2 aromatic carbocycles. The summed E-state index contributed by atoms with van der Waals surface area (Å²) in [5.74, 6) is -0.272. The van der Waals surface area contributed by atoms with Crippen LogP contribution in [0.25, 0.3) is 24.3 Å². The Kier molecular flexibility index (Phi) is 10.9. The molecule has 0 radical (unpaired) electrons. The molecular weight excluding hydrogens is 585 g/mol. The van der Waals surface area contributed by atoms with E-state index in [1.165, 1.54) is 0 Å². The van der Waals surface area contributed by atoms with Crippen molar-refractivity contribution in [3.8, 4) is 0 Å². The molecule has 1 amide bonds. The fourth-order valence-corrected chi connectivity index (χ4v) is 4.93. The lowest BCUT2D eigenvalue weighted by molar-refractivity contribution is -0.695. The van der Waals surface area contributed by atoms with Crippen LogP contribution >= 0.6 is 19.2 Å². The highest BCUT2D eigenvalue weighted by molar-refractivity contribution is 7.51. The summed E-state index contributed by atoms with van der Waals surface area (Å²) in [4.78, 5) is 42.2. The monoisotopic (exact) mass is 617 g/mol. The molecule has 2 aromatic heterocycles. The number of benzene rings is 2. The molecule has 0 aliphatic heterocycles. The number of aromatic nitrogens is 2. The van der Waals surface area contributed by atoms with Crippen molar-refractivity contribution in [3.63, 3.8) is 0 Å². The Morgan fingerprint density at radius 2 is 1.35 bits per heavy atom. The van der Waals surface area contributed by atoms with E-state index in [0.29, 0.717) is 29.2 Å². The molecule has 3 N–H and O–H groups in total. The number of amides is 1. The Morgan fingerprint density at radius 3 is 1.84 bits per heavy atom. The van der Waals surface area contributed by atoms with E-state index in [4.69, 9.17) is 21.4 Å². The van der Waals surface area contributed by atoms with E-state index in [-0.39, 0.29) is 18.6 Å². The molecule has 2 heterocycles. The highest BCUT2D eigenvalue weighted by atomic mass is 35.5. The number of hydrogen-bond donors (Lipinski definition) is 3. The second kappa shape index (κ2) is 14.8. The second-order valence-corrected chi connectivity index (χ2v) is 12.2. The first-order valence-electron chi connectivity index (χ1n) is 13.6. The summed E-state index contributed by atoms with van der Waals surface area (Å²) in [6, 6.07) is 18.3. The zero-order valence-corrected chi connectivity index (χ0v) is 25.3. The first-order valence-corrected chi connectivity index (χ1v) is 15.8. The molecule has 220 valence electrons. The number of carbonyl (C=O) groups excluding carboxylic acids is 2. The van der Waals surface area contributed by atoms with Gasteiger partial charge in [0.1, 0.15) is 12.4 Å². The fraction of sp³-hybridized carbons (Fsp3) is 0.152. The summed E-state index contributed by atoms with van der Waals surface area (Å²) < 4.78 is 14.9. The molecule has 4 rings (SSSR count). The van der Waals surface area contributed by atoms with Gasteiger partial charge in [-0.25, -0.2) is 9.13 Å². The van der Waals surface area contributed by atoms with Gasteiger partial charge in [-0.3, -0.25) is 9.36 Å². The number of rotatable bonds is 12. The Morgan fingerprint density at radius 1 is 0.837 bits per heavy atom. The van der Waals surface area contributed by atoms with Crippen molar-refractivity contribution in [3.05, 3.63) is 124 Å². The first-order chi connectivity index (χ1) is 20.6. The van der Waals surface area contributed by atoms with Crippen molar-refractivity contribution in [2.24, 2.45) is 0 Å². The molecule has 0 bridgehead atoms. The lowest BCUT2D eigenvalue weighted by Gasteiger charge is -2.14. The van der Waals surface area contributed by atoms with Crippen molar-refractivity contribution < 1.29 is 33.1 Å². The highest BCUT2D eigenvalue weighted by Gasteiger charge is 2.16. The lowest BCUT2D eigenvalue weighted by atomic mass is 10.0. The normalized spacial score (nSPS) is 11.7. The molecule has 0 spiro atoms. The molecule has 43 heavy (non-hydrogen) atoms. The fourth-order valence-electron chi connectivity index (χ4n) is 4.32. The molecule has 0 aliphatic carbocycles. The van der Waals surface area contributed by atoms with E-state index in [0.717, 1.165) is 34.1 Å². The van der Waals surface area contributed by atoms with Crippen LogP contribution in [0.1, 0.15) is 44.6 Å². The quantitative estimate of drug-likeness (QED) is 0.109. The van der Waals surface area contributed by atoms with Gasteiger partial charge in [-0.1, -0.05) is 35.9 Å². The van der Waals surface area contributed by atoms with Gasteiger partial charge >= 0.3 is 7.60 Å². The van der Waals surface area contributed by atoms with Gasteiger partial charge < -0.3 is 19.9 Å². The number of pyridine rings is 2. The predicted molar refractivity (Wildman–Crippen MR) is 169 cm³/mol. The Labute approximate surface area is 255 Å². The van der Waals surface area contributed by atoms with Crippen LogP contribution in [0.5, 0.6) is 0 Å². The van der Waals surface area contributed by atoms with Gasteiger partial charge in [-0.2, -0.15) is 0 Å². The van der Waals surface area contributed by atoms with Gasteiger partial charge in [-0.15, -0.1) is 0 Å². The Bertz CT molecular complexity index is 1680.